The lowest BCUT2D eigenvalue weighted by Crippen LogP contribution is -2.08. The monoisotopic (exact) mass is 429 g/mol. The number of fused-ring (bicyclic) bond motifs is 2. The minimum atomic E-state index is -2.96. The second-order valence-corrected chi connectivity index (χ2v) is 7.60. The van der Waals surface area contributed by atoms with Gasteiger partial charge in [0.05, 0.1) is 17.5 Å². The highest BCUT2D eigenvalue weighted by molar-refractivity contribution is 5.86. The van der Waals surface area contributed by atoms with Crippen LogP contribution in [0.1, 0.15) is 40.6 Å². The molecule has 32 heavy (non-hydrogen) atoms. The Kier molecular flexibility index (Phi) is 4.67. The third-order valence-electron chi connectivity index (χ3n) is 5.19. The van der Waals surface area contributed by atoms with Crippen molar-refractivity contribution >= 4 is 16.6 Å². The van der Waals surface area contributed by atoms with Crippen LogP contribution in [0.25, 0.3) is 16.6 Å². The summed E-state index contributed by atoms with van der Waals surface area (Å²) in [5.41, 5.74) is 4.69. The molecule has 0 saturated heterocycles. The first kappa shape index (κ1) is 19.8. The van der Waals surface area contributed by atoms with Crippen LogP contribution in [0.15, 0.2) is 59.6 Å². The smallest absolute Gasteiger partial charge is 0.272 e. The lowest BCUT2D eigenvalue weighted by molar-refractivity contribution is 0.0170. The molecule has 0 aliphatic carbocycles. The van der Waals surface area contributed by atoms with E-state index in [1.807, 2.05) is 31.2 Å². The van der Waals surface area contributed by atoms with Crippen molar-refractivity contribution in [1.29, 1.82) is 0 Å². The van der Waals surface area contributed by atoms with E-state index in [1.54, 1.807) is 23.1 Å². The van der Waals surface area contributed by atoms with Gasteiger partial charge < -0.3 is 4.52 Å². The van der Waals surface area contributed by atoms with Gasteiger partial charge in [-0.1, -0.05) is 17.1 Å². The molecule has 4 aromatic heterocycles. The molecule has 0 fully saturated rings. The first-order valence-corrected chi connectivity index (χ1v) is 9.91. The number of halogens is 2. The van der Waals surface area contributed by atoms with Gasteiger partial charge in [0.25, 0.3) is 5.92 Å². The molecule has 8 heteroatoms. The van der Waals surface area contributed by atoms with Gasteiger partial charge in [-0.15, -0.1) is 0 Å². The minimum absolute atomic E-state index is 0.133. The third-order valence-corrected chi connectivity index (χ3v) is 5.19. The Bertz CT molecular complexity index is 1520. The van der Waals surface area contributed by atoms with Gasteiger partial charge in [0, 0.05) is 42.9 Å². The normalized spacial score (nSPS) is 11.6. The van der Waals surface area contributed by atoms with Crippen molar-refractivity contribution in [3.8, 4) is 11.8 Å². The maximum absolute atomic E-state index is 13.7. The largest absolute Gasteiger partial charge is 0.355 e. The van der Waals surface area contributed by atoms with E-state index in [1.165, 1.54) is 12.3 Å². The molecule has 0 N–H and O–H groups in total. The number of hydrogen-bond acceptors (Lipinski definition) is 5. The molecule has 0 aliphatic heterocycles. The number of aromatic nitrogens is 5. The van der Waals surface area contributed by atoms with Crippen LogP contribution >= 0.6 is 0 Å². The molecule has 0 radical (unpaired) electrons. The SMILES string of the molecule is Cc1ccc2c(Cc3cncc(C(C)(F)F)c3)noc2c1C#Cc1cnc2cccnn12. The summed E-state index contributed by atoms with van der Waals surface area (Å²) in [4.78, 5) is 8.25. The number of rotatable bonds is 3. The average molecular weight is 429 g/mol. The van der Waals surface area contributed by atoms with E-state index in [0.29, 0.717) is 40.2 Å². The molecule has 0 amide bonds. The van der Waals surface area contributed by atoms with Gasteiger partial charge in [-0.05, 0) is 48.2 Å². The van der Waals surface area contributed by atoms with Gasteiger partial charge >= 0.3 is 0 Å². The summed E-state index contributed by atoms with van der Waals surface area (Å²) in [6, 6.07) is 8.95. The van der Waals surface area contributed by atoms with Crippen LogP contribution in [0.4, 0.5) is 8.78 Å². The van der Waals surface area contributed by atoms with Gasteiger partial charge in [-0.3, -0.25) is 4.98 Å². The van der Waals surface area contributed by atoms with Gasteiger partial charge in [0.1, 0.15) is 5.69 Å². The zero-order valence-electron chi connectivity index (χ0n) is 17.3. The molecule has 4 heterocycles. The zero-order chi connectivity index (χ0) is 22.3. The predicted octanol–water partition coefficient (Wildman–Crippen LogP) is 4.68. The van der Waals surface area contributed by atoms with Crippen LogP contribution in [-0.4, -0.2) is 24.7 Å². The van der Waals surface area contributed by atoms with Gasteiger partial charge in [-0.25, -0.2) is 18.3 Å². The van der Waals surface area contributed by atoms with E-state index >= 15 is 0 Å². The summed E-state index contributed by atoms with van der Waals surface area (Å²) in [5, 5.41) is 9.24. The highest BCUT2D eigenvalue weighted by atomic mass is 19.3. The number of imidazole rings is 1. The van der Waals surface area contributed by atoms with Crippen LogP contribution in [0.5, 0.6) is 0 Å². The second kappa shape index (κ2) is 7.54. The Labute approximate surface area is 181 Å². The number of nitrogens with zero attached hydrogens (tertiary/aromatic N) is 5. The molecular weight excluding hydrogens is 412 g/mol. The van der Waals surface area contributed by atoms with Gasteiger partial charge in [-0.2, -0.15) is 5.10 Å². The summed E-state index contributed by atoms with van der Waals surface area (Å²) >= 11 is 0. The number of benzene rings is 1. The molecule has 5 rings (SSSR count). The number of aryl methyl sites for hydroxylation is 1. The number of alkyl halides is 2. The van der Waals surface area contributed by atoms with E-state index in [-0.39, 0.29) is 5.56 Å². The van der Waals surface area contributed by atoms with E-state index in [0.717, 1.165) is 17.9 Å². The maximum atomic E-state index is 13.7. The van der Waals surface area contributed by atoms with Crippen molar-refractivity contribution in [2.45, 2.75) is 26.2 Å². The Balaban J connectivity index is 1.53. The van der Waals surface area contributed by atoms with E-state index in [4.69, 9.17) is 4.52 Å². The molecular formula is C24H17F2N5O. The molecule has 0 saturated carbocycles. The lowest BCUT2D eigenvalue weighted by atomic mass is 10.0. The van der Waals surface area contributed by atoms with Crippen LogP contribution < -0.4 is 0 Å². The summed E-state index contributed by atoms with van der Waals surface area (Å²) in [7, 11) is 0. The van der Waals surface area contributed by atoms with E-state index in [2.05, 4.69) is 32.1 Å². The Morgan fingerprint density at radius 3 is 2.84 bits per heavy atom. The fourth-order valence-electron chi connectivity index (χ4n) is 3.49. The van der Waals surface area contributed by atoms with Crippen molar-refractivity contribution < 1.29 is 13.3 Å². The summed E-state index contributed by atoms with van der Waals surface area (Å²) in [5.74, 6) is 3.31. The topological polar surface area (TPSA) is 69.1 Å². The number of hydrogen-bond donors (Lipinski definition) is 0. The Morgan fingerprint density at radius 2 is 2.00 bits per heavy atom. The molecule has 0 bridgehead atoms. The van der Waals surface area contributed by atoms with Crippen molar-refractivity contribution in [2.24, 2.45) is 0 Å². The lowest BCUT2D eigenvalue weighted by Gasteiger charge is -2.10. The molecule has 0 unspecified atom stereocenters. The summed E-state index contributed by atoms with van der Waals surface area (Å²) < 4.78 is 34.6. The zero-order valence-corrected chi connectivity index (χ0v) is 17.3. The van der Waals surface area contributed by atoms with Crippen LogP contribution in [0.2, 0.25) is 0 Å². The Morgan fingerprint density at radius 1 is 1.12 bits per heavy atom. The Hall–Kier alpha value is -4.12. The highest BCUT2D eigenvalue weighted by Crippen LogP contribution is 2.29. The maximum Gasteiger partial charge on any atom is 0.272 e. The first-order valence-electron chi connectivity index (χ1n) is 9.91. The average Bonchev–Trinajstić information content (AvgIpc) is 3.37. The number of pyridine rings is 1. The van der Waals surface area contributed by atoms with Crippen molar-refractivity contribution in [3.05, 3.63) is 88.8 Å². The minimum Gasteiger partial charge on any atom is -0.355 e. The quantitative estimate of drug-likeness (QED) is 0.390. The summed E-state index contributed by atoms with van der Waals surface area (Å²) in [6.45, 7) is 2.79. The molecule has 5 aromatic rings. The fraction of sp³-hybridized carbons (Fsp3) is 0.167. The van der Waals surface area contributed by atoms with Crippen LogP contribution in [0.3, 0.4) is 0 Å². The van der Waals surface area contributed by atoms with Crippen LogP contribution in [0, 0.1) is 18.8 Å². The van der Waals surface area contributed by atoms with Gasteiger partial charge in [0.2, 0.25) is 0 Å². The first-order chi connectivity index (χ1) is 15.4. The molecule has 1 aromatic carbocycles. The standard InChI is InChI=1S/C24H17F2N5O/c1-15-5-7-20-21(11-16-10-17(13-27-12-16)24(2,25)26)30-32-23(20)19(15)8-6-18-14-28-22-4-3-9-29-31(18)22/h3-5,7,9-10,12-14H,11H2,1-2H3. The molecule has 0 spiro atoms. The summed E-state index contributed by atoms with van der Waals surface area (Å²) in [6.07, 6.45) is 6.39. The van der Waals surface area contributed by atoms with Crippen molar-refractivity contribution in [2.75, 3.05) is 0 Å². The molecule has 0 aliphatic rings. The second-order valence-electron chi connectivity index (χ2n) is 7.60. The van der Waals surface area contributed by atoms with E-state index in [9.17, 15) is 8.78 Å². The van der Waals surface area contributed by atoms with E-state index < -0.39 is 5.92 Å². The predicted molar refractivity (Wildman–Crippen MR) is 114 cm³/mol. The van der Waals surface area contributed by atoms with Gasteiger partial charge in [0.15, 0.2) is 11.2 Å². The molecule has 6 nitrogen and oxygen atoms in total. The van der Waals surface area contributed by atoms with Crippen molar-refractivity contribution in [3.63, 3.8) is 0 Å². The molecule has 158 valence electrons. The third kappa shape index (κ3) is 3.58. The highest BCUT2D eigenvalue weighted by Gasteiger charge is 2.25. The molecule has 0 atom stereocenters. The fourth-order valence-corrected chi connectivity index (χ4v) is 3.49. The van der Waals surface area contributed by atoms with Crippen molar-refractivity contribution in [1.82, 2.24) is 24.7 Å². The van der Waals surface area contributed by atoms with Crippen LogP contribution in [-0.2, 0) is 12.3 Å².